The van der Waals surface area contributed by atoms with Crippen molar-refractivity contribution >= 4 is 6.29 Å². The molecule has 3 nitrogen and oxygen atoms in total. The Kier molecular flexibility index (Phi) is 3.14. The lowest BCUT2D eigenvalue weighted by atomic mass is 10.2. The first-order chi connectivity index (χ1) is 8.19. The molecule has 0 unspecified atom stereocenters. The Morgan fingerprint density at radius 1 is 1.29 bits per heavy atom. The van der Waals surface area contributed by atoms with Crippen LogP contribution < -0.4 is 4.74 Å². The van der Waals surface area contributed by atoms with Gasteiger partial charge in [0.1, 0.15) is 17.3 Å². The van der Waals surface area contributed by atoms with Crippen LogP contribution in [0.25, 0.3) is 0 Å². The molecule has 17 heavy (non-hydrogen) atoms. The number of ether oxygens (including phenoxy) is 1. The van der Waals surface area contributed by atoms with E-state index >= 15 is 0 Å². The van der Waals surface area contributed by atoms with Crippen molar-refractivity contribution in [2.45, 2.75) is 6.92 Å². The summed E-state index contributed by atoms with van der Waals surface area (Å²) in [5, 5.41) is 0. The van der Waals surface area contributed by atoms with E-state index in [1.807, 2.05) is 6.92 Å². The minimum Gasteiger partial charge on any atom is -0.455 e. The predicted molar refractivity (Wildman–Crippen MR) is 60.8 cm³/mol. The van der Waals surface area contributed by atoms with Gasteiger partial charge in [0.25, 0.3) is 0 Å². The van der Waals surface area contributed by atoms with Crippen molar-refractivity contribution in [1.29, 1.82) is 0 Å². The summed E-state index contributed by atoms with van der Waals surface area (Å²) >= 11 is 0. The molecule has 1 aromatic heterocycles. The second kappa shape index (κ2) is 4.74. The highest BCUT2D eigenvalue weighted by Crippen LogP contribution is 2.24. The molecule has 0 fully saturated rings. The fourth-order valence-corrected chi connectivity index (χ4v) is 1.35. The van der Waals surface area contributed by atoms with Gasteiger partial charge in [-0.1, -0.05) is 0 Å². The molecule has 0 radical (unpaired) electrons. The van der Waals surface area contributed by atoms with Crippen molar-refractivity contribution in [2.24, 2.45) is 0 Å². The third-order valence-corrected chi connectivity index (χ3v) is 2.21. The molecule has 0 amide bonds. The Balaban J connectivity index is 2.29. The van der Waals surface area contributed by atoms with Gasteiger partial charge in [0.15, 0.2) is 6.29 Å². The number of pyridine rings is 1. The number of halogens is 1. The molecule has 0 aliphatic heterocycles. The number of carbonyl (C=O) groups is 1. The Labute approximate surface area is 97.9 Å². The van der Waals surface area contributed by atoms with Crippen LogP contribution in [0, 0.1) is 12.7 Å². The molecule has 0 spiro atoms. The van der Waals surface area contributed by atoms with Gasteiger partial charge in [-0.15, -0.1) is 0 Å². The summed E-state index contributed by atoms with van der Waals surface area (Å²) in [7, 11) is 0. The fraction of sp³-hybridized carbons (Fsp3) is 0.0769. The second-order valence-corrected chi connectivity index (χ2v) is 3.54. The average Bonchev–Trinajstić information content (AvgIpc) is 2.34. The van der Waals surface area contributed by atoms with E-state index in [1.54, 1.807) is 18.3 Å². The van der Waals surface area contributed by atoms with E-state index in [9.17, 15) is 9.18 Å². The number of hydrogen-bond donors (Lipinski definition) is 0. The van der Waals surface area contributed by atoms with Crippen molar-refractivity contribution in [3.63, 3.8) is 0 Å². The van der Waals surface area contributed by atoms with E-state index in [1.165, 1.54) is 12.1 Å². The highest BCUT2D eigenvalue weighted by molar-refractivity contribution is 5.79. The first kappa shape index (κ1) is 11.3. The maximum Gasteiger partial charge on any atom is 0.153 e. The van der Waals surface area contributed by atoms with Crippen molar-refractivity contribution < 1.29 is 13.9 Å². The Bertz CT molecular complexity index is 538. The van der Waals surface area contributed by atoms with Crippen LogP contribution in [0.4, 0.5) is 4.39 Å². The van der Waals surface area contributed by atoms with Crippen molar-refractivity contribution in [3.05, 3.63) is 53.6 Å². The zero-order valence-electron chi connectivity index (χ0n) is 9.18. The van der Waals surface area contributed by atoms with Gasteiger partial charge < -0.3 is 4.74 Å². The molecule has 0 atom stereocenters. The summed E-state index contributed by atoms with van der Waals surface area (Å²) in [4.78, 5) is 14.8. The van der Waals surface area contributed by atoms with Crippen LogP contribution in [0.15, 0.2) is 36.5 Å². The van der Waals surface area contributed by atoms with E-state index in [0.717, 1.165) is 11.8 Å². The van der Waals surface area contributed by atoms with Crippen LogP contribution in [0.2, 0.25) is 0 Å². The SMILES string of the molecule is Cc1ccc(Oc2ccc(F)cc2C=O)cn1. The zero-order chi connectivity index (χ0) is 12.3. The van der Waals surface area contributed by atoms with Crippen LogP contribution in [0.3, 0.4) is 0 Å². The molecular formula is C13H10FNO2. The second-order valence-electron chi connectivity index (χ2n) is 3.54. The highest BCUT2D eigenvalue weighted by atomic mass is 19.1. The monoisotopic (exact) mass is 231 g/mol. The summed E-state index contributed by atoms with van der Waals surface area (Å²) in [6.45, 7) is 1.86. The van der Waals surface area contributed by atoms with Crippen LogP contribution in [-0.2, 0) is 0 Å². The summed E-state index contributed by atoms with van der Waals surface area (Å²) < 4.78 is 18.3. The molecule has 2 rings (SSSR count). The molecule has 0 bridgehead atoms. The number of aryl methyl sites for hydroxylation is 1. The Hall–Kier alpha value is -2.23. The predicted octanol–water partition coefficient (Wildman–Crippen LogP) is 3.13. The molecule has 0 N–H and O–H groups in total. The lowest BCUT2D eigenvalue weighted by molar-refractivity contribution is 0.112. The standard InChI is InChI=1S/C13H10FNO2/c1-9-2-4-12(7-15-9)17-13-5-3-11(14)6-10(13)8-16/h2-8H,1H3. The van der Waals surface area contributed by atoms with Gasteiger partial charge in [0.2, 0.25) is 0 Å². The largest absolute Gasteiger partial charge is 0.455 e. The van der Waals surface area contributed by atoms with E-state index in [2.05, 4.69) is 4.98 Å². The summed E-state index contributed by atoms with van der Waals surface area (Å²) in [5.74, 6) is 0.346. The normalized spacial score (nSPS) is 10.0. The van der Waals surface area contributed by atoms with Gasteiger partial charge in [-0.05, 0) is 37.3 Å². The first-order valence-electron chi connectivity index (χ1n) is 5.04. The average molecular weight is 231 g/mol. The smallest absolute Gasteiger partial charge is 0.153 e. The summed E-state index contributed by atoms with van der Waals surface area (Å²) in [6, 6.07) is 7.31. The number of carbonyl (C=O) groups excluding carboxylic acids is 1. The maximum absolute atomic E-state index is 12.9. The van der Waals surface area contributed by atoms with Crippen molar-refractivity contribution in [3.8, 4) is 11.5 Å². The van der Waals surface area contributed by atoms with Crippen LogP contribution >= 0.6 is 0 Å². The summed E-state index contributed by atoms with van der Waals surface area (Å²) in [5.41, 5.74) is 1.04. The third-order valence-electron chi connectivity index (χ3n) is 2.21. The fourth-order valence-electron chi connectivity index (χ4n) is 1.35. The maximum atomic E-state index is 12.9. The quantitative estimate of drug-likeness (QED) is 0.762. The molecule has 2 aromatic rings. The molecule has 4 heteroatoms. The Morgan fingerprint density at radius 2 is 2.12 bits per heavy atom. The van der Waals surface area contributed by atoms with Gasteiger partial charge in [0, 0.05) is 5.69 Å². The number of rotatable bonds is 3. The van der Waals surface area contributed by atoms with Crippen molar-refractivity contribution in [2.75, 3.05) is 0 Å². The molecule has 0 saturated heterocycles. The molecular weight excluding hydrogens is 221 g/mol. The van der Waals surface area contributed by atoms with Crippen LogP contribution in [0.1, 0.15) is 16.1 Å². The number of aromatic nitrogens is 1. The molecule has 0 aliphatic carbocycles. The van der Waals surface area contributed by atoms with Crippen LogP contribution in [-0.4, -0.2) is 11.3 Å². The first-order valence-corrected chi connectivity index (χ1v) is 5.04. The van der Waals surface area contributed by atoms with E-state index < -0.39 is 5.82 Å². The lowest BCUT2D eigenvalue weighted by Crippen LogP contribution is -1.92. The number of hydrogen-bond acceptors (Lipinski definition) is 3. The topological polar surface area (TPSA) is 39.2 Å². The minimum atomic E-state index is -0.471. The number of benzene rings is 1. The number of nitrogens with zero attached hydrogens (tertiary/aromatic N) is 1. The van der Waals surface area contributed by atoms with Gasteiger partial charge >= 0.3 is 0 Å². The van der Waals surface area contributed by atoms with E-state index in [4.69, 9.17) is 4.74 Å². The molecule has 1 aromatic carbocycles. The van der Waals surface area contributed by atoms with Gasteiger partial charge in [-0.25, -0.2) is 4.39 Å². The van der Waals surface area contributed by atoms with Gasteiger partial charge in [-0.3, -0.25) is 9.78 Å². The molecule has 86 valence electrons. The summed E-state index contributed by atoms with van der Waals surface area (Å²) in [6.07, 6.45) is 2.10. The van der Waals surface area contributed by atoms with Gasteiger partial charge in [0.05, 0.1) is 11.8 Å². The van der Waals surface area contributed by atoms with Crippen LogP contribution in [0.5, 0.6) is 11.5 Å². The van der Waals surface area contributed by atoms with Crippen molar-refractivity contribution in [1.82, 2.24) is 4.98 Å². The minimum absolute atomic E-state index is 0.172. The Morgan fingerprint density at radius 3 is 2.76 bits per heavy atom. The zero-order valence-corrected chi connectivity index (χ0v) is 9.18. The number of aldehydes is 1. The highest BCUT2D eigenvalue weighted by Gasteiger charge is 2.05. The molecule has 0 saturated carbocycles. The van der Waals surface area contributed by atoms with E-state index in [-0.39, 0.29) is 5.56 Å². The molecule has 0 aliphatic rings. The third kappa shape index (κ3) is 2.66. The lowest BCUT2D eigenvalue weighted by Gasteiger charge is -2.07. The van der Waals surface area contributed by atoms with Gasteiger partial charge in [-0.2, -0.15) is 0 Å². The van der Waals surface area contributed by atoms with E-state index in [0.29, 0.717) is 17.8 Å². The molecule has 1 heterocycles.